The van der Waals surface area contributed by atoms with E-state index in [1.165, 1.54) is 0 Å². The van der Waals surface area contributed by atoms with Gasteiger partial charge in [-0.3, -0.25) is 24.9 Å². The van der Waals surface area contributed by atoms with Crippen molar-refractivity contribution < 1.29 is 14.4 Å². The second-order valence-electron chi connectivity index (χ2n) is 6.56. The second kappa shape index (κ2) is 8.50. The first kappa shape index (κ1) is 18.6. The predicted octanol–water partition coefficient (Wildman–Crippen LogP) is 2.99. The molecule has 1 aliphatic heterocycles. The number of carbonyl (C=O) groups is 2. The first-order valence-electron chi connectivity index (χ1n) is 9.22. The van der Waals surface area contributed by atoms with E-state index in [2.05, 4.69) is 15.8 Å². The number of ketones is 1. The molecule has 1 aromatic heterocycles. The van der Waals surface area contributed by atoms with Crippen molar-refractivity contribution in [2.75, 3.05) is 6.54 Å². The maximum absolute atomic E-state index is 12.4. The zero-order valence-electron chi connectivity index (χ0n) is 15.5. The molecule has 0 bridgehead atoms. The Balaban J connectivity index is 1.35. The fourth-order valence-electron chi connectivity index (χ4n) is 3.00. The number of hydrogen-bond donors (Lipinski definition) is 2. The lowest BCUT2D eigenvalue weighted by atomic mass is 10.0. The highest BCUT2D eigenvalue weighted by molar-refractivity contribution is 6.09. The molecule has 6 nitrogen and oxygen atoms in total. The van der Waals surface area contributed by atoms with E-state index >= 15 is 0 Å². The van der Waals surface area contributed by atoms with Crippen LogP contribution in [0.25, 0.3) is 5.70 Å². The number of hydrogen-bond acceptors (Lipinski definition) is 5. The lowest BCUT2D eigenvalue weighted by Gasteiger charge is -2.09. The Morgan fingerprint density at radius 2 is 1.66 bits per heavy atom. The molecule has 6 heteroatoms. The number of nitrogens with zero attached hydrogens (tertiary/aromatic N) is 1. The Morgan fingerprint density at radius 1 is 0.931 bits per heavy atom. The summed E-state index contributed by atoms with van der Waals surface area (Å²) >= 11 is 0. The minimum Gasteiger partial charge on any atom is -0.349 e. The van der Waals surface area contributed by atoms with E-state index < -0.39 is 0 Å². The number of aromatic nitrogens is 1. The van der Waals surface area contributed by atoms with Gasteiger partial charge in [0.1, 0.15) is 6.10 Å². The SMILES string of the molecule is O=C(NCC1C=C(c2cccnc2)NO1)c1ccc(C(=O)c2ccccc2)cc1. The highest BCUT2D eigenvalue weighted by atomic mass is 16.7. The zero-order valence-corrected chi connectivity index (χ0v) is 15.5. The van der Waals surface area contributed by atoms with Gasteiger partial charge in [0.2, 0.25) is 0 Å². The van der Waals surface area contributed by atoms with E-state index in [-0.39, 0.29) is 17.8 Å². The highest BCUT2D eigenvalue weighted by Gasteiger charge is 2.19. The molecule has 0 spiro atoms. The smallest absolute Gasteiger partial charge is 0.251 e. The van der Waals surface area contributed by atoms with Gasteiger partial charge < -0.3 is 5.32 Å². The lowest BCUT2D eigenvalue weighted by Crippen LogP contribution is -2.32. The van der Waals surface area contributed by atoms with Crippen molar-refractivity contribution in [1.82, 2.24) is 15.8 Å². The molecule has 29 heavy (non-hydrogen) atoms. The molecule has 2 aromatic carbocycles. The van der Waals surface area contributed by atoms with Gasteiger partial charge in [-0.25, -0.2) is 0 Å². The van der Waals surface area contributed by atoms with Crippen LogP contribution < -0.4 is 10.8 Å². The minimum absolute atomic E-state index is 0.0731. The molecular weight excluding hydrogens is 366 g/mol. The third-order valence-electron chi connectivity index (χ3n) is 4.55. The largest absolute Gasteiger partial charge is 0.349 e. The van der Waals surface area contributed by atoms with E-state index in [1.54, 1.807) is 48.8 Å². The molecule has 1 atom stereocenters. The van der Waals surface area contributed by atoms with Gasteiger partial charge in [-0.15, -0.1) is 0 Å². The topological polar surface area (TPSA) is 80.3 Å². The number of rotatable bonds is 6. The third-order valence-corrected chi connectivity index (χ3v) is 4.55. The summed E-state index contributed by atoms with van der Waals surface area (Å²) in [6.45, 7) is 0.320. The monoisotopic (exact) mass is 385 g/mol. The van der Waals surface area contributed by atoms with Gasteiger partial charge in [-0.1, -0.05) is 42.5 Å². The van der Waals surface area contributed by atoms with E-state index in [1.807, 2.05) is 36.4 Å². The van der Waals surface area contributed by atoms with Crippen molar-refractivity contribution >= 4 is 17.4 Å². The molecule has 1 aliphatic rings. The maximum Gasteiger partial charge on any atom is 0.251 e. The van der Waals surface area contributed by atoms with Gasteiger partial charge in [0.05, 0.1) is 12.2 Å². The maximum atomic E-state index is 12.4. The molecule has 1 unspecified atom stereocenters. The van der Waals surface area contributed by atoms with Crippen LogP contribution in [-0.4, -0.2) is 29.3 Å². The second-order valence-corrected chi connectivity index (χ2v) is 6.56. The molecule has 0 saturated heterocycles. The summed E-state index contributed by atoms with van der Waals surface area (Å²) in [7, 11) is 0. The van der Waals surface area contributed by atoms with Crippen molar-refractivity contribution in [3.63, 3.8) is 0 Å². The summed E-state index contributed by atoms with van der Waals surface area (Å²) in [5.74, 6) is -0.299. The van der Waals surface area contributed by atoms with Gasteiger partial charge in [-0.05, 0) is 30.3 Å². The van der Waals surface area contributed by atoms with Crippen LogP contribution >= 0.6 is 0 Å². The number of hydroxylamine groups is 1. The van der Waals surface area contributed by atoms with Crippen molar-refractivity contribution in [3.05, 3.63) is 107 Å². The zero-order chi connectivity index (χ0) is 20.1. The van der Waals surface area contributed by atoms with E-state index in [9.17, 15) is 9.59 Å². The summed E-state index contributed by atoms with van der Waals surface area (Å²) in [5.41, 5.74) is 6.23. The van der Waals surface area contributed by atoms with Crippen LogP contribution in [0.5, 0.6) is 0 Å². The van der Waals surface area contributed by atoms with Crippen LogP contribution in [0.4, 0.5) is 0 Å². The Labute approximate surface area is 168 Å². The van der Waals surface area contributed by atoms with Crippen LogP contribution in [0.1, 0.15) is 31.8 Å². The first-order chi connectivity index (χ1) is 14.2. The lowest BCUT2D eigenvalue weighted by molar-refractivity contribution is 0.0498. The fourth-order valence-corrected chi connectivity index (χ4v) is 3.00. The van der Waals surface area contributed by atoms with Crippen molar-refractivity contribution in [2.45, 2.75) is 6.10 Å². The normalized spacial score (nSPS) is 15.3. The average molecular weight is 385 g/mol. The van der Waals surface area contributed by atoms with Gasteiger partial charge in [0.25, 0.3) is 5.91 Å². The third kappa shape index (κ3) is 4.39. The number of amides is 1. The van der Waals surface area contributed by atoms with Gasteiger partial charge in [0, 0.05) is 34.6 Å². The average Bonchev–Trinajstić information content (AvgIpc) is 3.27. The summed E-state index contributed by atoms with van der Waals surface area (Å²) in [6.07, 6.45) is 5.06. The van der Waals surface area contributed by atoms with Crippen molar-refractivity contribution in [2.24, 2.45) is 0 Å². The van der Waals surface area contributed by atoms with E-state index in [4.69, 9.17) is 4.84 Å². The highest BCUT2D eigenvalue weighted by Crippen LogP contribution is 2.17. The number of carbonyl (C=O) groups excluding carboxylic acids is 2. The number of benzene rings is 2. The predicted molar refractivity (Wildman–Crippen MR) is 109 cm³/mol. The molecule has 4 rings (SSSR count). The standard InChI is InChI=1S/C23H19N3O3/c27-22(16-5-2-1-3-6-16)17-8-10-18(11-9-17)23(28)25-15-20-13-21(26-29-20)19-7-4-12-24-14-19/h1-14,20,26H,15H2,(H,25,28). The van der Waals surface area contributed by atoms with Crippen molar-refractivity contribution in [3.8, 4) is 0 Å². The first-order valence-corrected chi connectivity index (χ1v) is 9.22. The van der Waals surface area contributed by atoms with Gasteiger partial charge >= 0.3 is 0 Å². The van der Waals surface area contributed by atoms with E-state index in [0.717, 1.165) is 11.3 Å². The Bertz CT molecular complexity index is 1030. The summed E-state index contributed by atoms with van der Waals surface area (Å²) < 4.78 is 0. The van der Waals surface area contributed by atoms with Crippen LogP contribution in [0.2, 0.25) is 0 Å². The van der Waals surface area contributed by atoms with Gasteiger partial charge in [0.15, 0.2) is 5.78 Å². The molecule has 0 radical (unpaired) electrons. The quantitative estimate of drug-likeness (QED) is 0.638. The Morgan fingerprint density at radius 3 is 2.38 bits per heavy atom. The Kier molecular flexibility index (Phi) is 5.45. The summed E-state index contributed by atoms with van der Waals surface area (Å²) in [4.78, 5) is 34.4. The molecule has 0 fully saturated rings. The minimum atomic E-state index is -0.284. The molecule has 3 aromatic rings. The van der Waals surface area contributed by atoms with Gasteiger partial charge in [-0.2, -0.15) is 0 Å². The van der Waals surface area contributed by atoms with E-state index in [0.29, 0.717) is 23.2 Å². The number of nitrogens with one attached hydrogen (secondary N) is 2. The van der Waals surface area contributed by atoms with Crippen LogP contribution in [0, 0.1) is 0 Å². The van der Waals surface area contributed by atoms with Crippen LogP contribution in [-0.2, 0) is 4.84 Å². The molecular formula is C23H19N3O3. The Hall–Kier alpha value is -3.77. The number of pyridine rings is 1. The molecule has 2 heterocycles. The molecule has 144 valence electrons. The summed E-state index contributed by atoms with van der Waals surface area (Å²) in [5, 5.41) is 2.84. The van der Waals surface area contributed by atoms with Crippen molar-refractivity contribution in [1.29, 1.82) is 0 Å². The fraction of sp³-hybridized carbons (Fsp3) is 0.0870. The summed E-state index contributed by atoms with van der Waals surface area (Å²) in [6, 6.07) is 19.4. The molecule has 1 amide bonds. The van der Waals surface area contributed by atoms with Crippen LogP contribution in [0.15, 0.2) is 85.2 Å². The molecule has 2 N–H and O–H groups in total. The molecule has 0 aliphatic carbocycles. The van der Waals surface area contributed by atoms with Crippen LogP contribution in [0.3, 0.4) is 0 Å². The molecule has 0 saturated carbocycles.